The van der Waals surface area contributed by atoms with E-state index in [4.69, 9.17) is 0 Å². The smallest absolute Gasteiger partial charge is 0.270 e. The van der Waals surface area contributed by atoms with E-state index in [-0.39, 0.29) is 5.91 Å². The third-order valence-corrected chi connectivity index (χ3v) is 4.71. The Morgan fingerprint density at radius 1 is 1.45 bits per heavy atom. The van der Waals surface area contributed by atoms with E-state index in [1.165, 1.54) is 6.42 Å². The number of unbranched alkanes of at least 4 members (excludes halogenated alkanes) is 1. The molecule has 1 saturated heterocycles. The molecule has 0 aromatic carbocycles. The molecule has 0 saturated carbocycles. The number of rotatable bonds is 6. The Hall–Kier alpha value is -1.82. The number of hydrogen-bond acceptors (Lipinski definition) is 4. The summed E-state index contributed by atoms with van der Waals surface area (Å²) >= 11 is 1.61. The number of hydrogen-bond donors (Lipinski definition) is 2. The zero-order valence-electron chi connectivity index (χ0n) is 12.9. The maximum atomic E-state index is 12.3. The quantitative estimate of drug-likeness (QED) is 0.800. The minimum absolute atomic E-state index is 0.0975. The molecule has 2 N–H and O–H groups in total. The molecule has 3 rings (SSSR count). The van der Waals surface area contributed by atoms with Gasteiger partial charge in [-0.1, -0.05) is 13.3 Å². The first kappa shape index (κ1) is 15.1. The van der Waals surface area contributed by atoms with Crippen LogP contribution in [0.15, 0.2) is 17.6 Å². The van der Waals surface area contributed by atoms with Crippen LogP contribution in [-0.4, -0.2) is 40.4 Å². The molecule has 118 valence electrons. The fourth-order valence-electron chi connectivity index (χ4n) is 2.62. The first-order chi connectivity index (χ1) is 10.8. The molecule has 1 amide bonds. The van der Waals surface area contributed by atoms with Gasteiger partial charge in [-0.25, -0.2) is 4.98 Å². The number of carbonyl (C=O) groups is 1. The summed E-state index contributed by atoms with van der Waals surface area (Å²) in [6, 6.07) is 1.91. The van der Waals surface area contributed by atoms with Crippen LogP contribution in [0.4, 0.5) is 5.13 Å². The molecule has 0 radical (unpaired) electrons. The summed E-state index contributed by atoms with van der Waals surface area (Å²) in [6.07, 6.45) is 6.41. The van der Waals surface area contributed by atoms with Gasteiger partial charge in [-0.05, 0) is 25.3 Å². The van der Waals surface area contributed by atoms with Gasteiger partial charge in [-0.3, -0.25) is 4.79 Å². The van der Waals surface area contributed by atoms with Crippen LogP contribution >= 0.6 is 11.3 Å². The molecule has 0 aliphatic carbocycles. The van der Waals surface area contributed by atoms with Gasteiger partial charge in [-0.15, -0.1) is 11.3 Å². The van der Waals surface area contributed by atoms with E-state index in [1.807, 2.05) is 22.5 Å². The van der Waals surface area contributed by atoms with Crippen molar-refractivity contribution >= 4 is 22.4 Å². The van der Waals surface area contributed by atoms with Gasteiger partial charge in [0.05, 0.1) is 5.69 Å². The Kier molecular flexibility index (Phi) is 4.77. The molecule has 0 atom stereocenters. The predicted molar refractivity (Wildman–Crippen MR) is 90.4 cm³/mol. The fourth-order valence-corrected chi connectivity index (χ4v) is 3.36. The average Bonchev–Trinajstić information content (AvgIpc) is 3.27. The zero-order valence-corrected chi connectivity index (χ0v) is 13.7. The van der Waals surface area contributed by atoms with Crippen LogP contribution in [0.2, 0.25) is 0 Å². The maximum Gasteiger partial charge on any atom is 0.270 e. The van der Waals surface area contributed by atoms with Gasteiger partial charge < -0.3 is 15.2 Å². The average molecular weight is 318 g/mol. The molecule has 2 aromatic heterocycles. The summed E-state index contributed by atoms with van der Waals surface area (Å²) in [6.45, 7) is 4.87. The number of nitrogens with zero attached hydrogens (tertiary/aromatic N) is 2. The van der Waals surface area contributed by atoms with E-state index < -0.39 is 0 Å². The van der Waals surface area contributed by atoms with Crippen LogP contribution in [0.3, 0.4) is 0 Å². The zero-order chi connectivity index (χ0) is 15.4. The standard InChI is InChI=1S/C16H22N4OS/c1-2-3-6-17-16-19-14(11-22-16)12-9-13(18-10-12)15(21)20-7-4-5-8-20/h9-11,18H,2-8H2,1H3,(H,17,19). The van der Waals surface area contributed by atoms with Crippen molar-refractivity contribution in [1.82, 2.24) is 14.9 Å². The number of aromatic amines is 1. The molecule has 2 aromatic rings. The number of aromatic nitrogens is 2. The lowest BCUT2D eigenvalue weighted by molar-refractivity contribution is 0.0788. The van der Waals surface area contributed by atoms with Gasteiger partial charge in [0.25, 0.3) is 5.91 Å². The highest BCUT2D eigenvalue weighted by Gasteiger charge is 2.21. The van der Waals surface area contributed by atoms with Gasteiger partial charge in [0.15, 0.2) is 5.13 Å². The Balaban J connectivity index is 1.66. The van der Waals surface area contributed by atoms with E-state index in [0.29, 0.717) is 5.69 Å². The van der Waals surface area contributed by atoms with Crippen molar-refractivity contribution in [3.63, 3.8) is 0 Å². The molecule has 22 heavy (non-hydrogen) atoms. The number of amides is 1. The summed E-state index contributed by atoms with van der Waals surface area (Å²) in [5.41, 5.74) is 2.55. The summed E-state index contributed by atoms with van der Waals surface area (Å²) in [5.74, 6) is 0.0975. The lowest BCUT2D eigenvalue weighted by atomic mass is 10.2. The summed E-state index contributed by atoms with van der Waals surface area (Å²) in [4.78, 5) is 21.9. The minimum atomic E-state index is 0.0975. The summed E-state index contributed by atoms with van der Waals surface area (Å²) in [5, 5.41) is 6.30. The molecule has 1 fully saturated rings. The summed E-state index contributed by atoms with van der Waals surface area (Å²) < 4.78 is 0. The normalized spacial score (nSPS) is 14.5. The molecule has 5 nitrogen and oxygen atoms in total. The van der Waals surface area contributed by atoms with Crippen molar-refractivity contribution in [2.24, 2.45) is 0 Å². The van der Waals surface area contributed by atoms with Crippen LogP contribution in [0.1, 0.15) is 43.1 Å². The van der Waals surface area contributed by atoms with E-state index >= 15 is 0 Å². The fraction of sp³-hybridized carbons (Fsp3) is 0.500. The molecule has 0 spiro atoms. The number of thiazole rings is 1. The van der Waals surface area contributed by atoms with Gasteiger partial charge in [0.1, 0.15) is 5.69 Å². The van der Waals surface area contributed by atoms with E-state index in [1.54, 1.807) is 11.3 Å². The number of carbonyl (C=O) groups excluding carboxylic acids is 1. The monoisotopic (exact) mass is 318 g/mol. The number of anilines is 1. The molecule has 1 aliphatic heterocycles. The SMILES string of the molecule is CCCCNc1nc(-c2c[nH]c(C(=O)N3CCCC3)c2)cs1. The van der Waals surface area contributed by atoms with E-state index in [2.05, 4.69) is 22.2 Å². The Morgan fingerprint density at radius 3 is 3.05 bits per heavy atom. The third-order valence-electron chi connectivity index (χ3n) is 3.91. The van der Waals surface area contributed by atoms with E-state index in [9.17, 15) is 4.79 Å². The molecular weight excluding hydrogens is 296 g/mol. The second kappa shape index (κ2) is 6.96. The highest BCUT2D eigenvalue weighted by atomic mass is 32.1. The molecule has 6 heteroatoms. The Labute approximate surface area is 134 Å². The maximum absolute atomic E-state index is 12.3. The van der Waals surface area contributed by atoms with Gasteiger partial charge in [0, 0.05) is 36.8 Å². The van der Waals surface area contributed by atoms with Gasteiger partial charge in [0.2, 0.25) is 0 Å². The second-order valence-electron chi connectivity index (χ2n) is 5.62. The van der Waals surface area contributed by atoms with Crippen molar-refractivity contribution < 1.29 is 4.79 Å². The lowest BCUT2D eigenvalue weighted by Gasteiger charge is -2.13. The molecule has 3 heterocycles. The highest BCUT2D eigenvalue weighted by Crippen LogP contribution is 2.26. The van der Waals surface area contributed by atoms with Crippen molar-refractivity contribution in [2.45, 2.75) is 32.6 Å². The Bertz CT molecular complexity index is 628. The van der Waals surface area contributed by atoms with Crippen LogP contribution in [0.25, 0.3) is 11.3 Å². The number of H-pyrrole nitrogens is 1. The Morgan fingerprint density at radius 2 is 2.27 bits per heavy atom. The third kappa shape index (κ3) is 3.32. The first-order valence-electron chi connectivity index (χ1n) is 7.95. The van der Waals surface area contributed by atoms with Crippen molar-refractivity contribution in [3.05, 3.63) is 23.3 Å². The second-order valence-corrected chi connectivity index (χ2v) is 6.48. The predicted octanol–water partition coefficient (Wildman–Crippen LogP) is 3.59. The van der Waals surface area contributed by atoms with Crippen molar-refractivity contribution in [1.29, 1.82) is 0 Å². The van der Waals surface area contributed by atoms with Crippen LogP contribution < -0.4 is 5.32 Å². The van der Waals surface area contributed by atoms with Crippen LogP contribution in [0, 0.1) is 0 Å². The molecular formula is C16H22N4OS. The van der Waals surface area contributed by atoms with Crippen LogP contribution in [0.5, 0.6) is 0 Å². The van der Waals surface area contributed by atoms with Crippen molar-refractivity contribution in [3.8, 4) is 11.3 Å². The minimum Gasteiger partial charge on any atom is -0.362 e. The number of nitrogens with one attached hydrogen (secondary N) is 2. The van der Waals surface area contributed by atoms with E-state index in [0.717, 1.165) is 55.3 Å². The lowest BCUT2D eigenvalue weighted by Crippen LogP contribution is -2.27. The van der Waals surface area contributed by atoms with Gasteiger partial charge in [-0.2, -0.15) is 0 Å². The van der Waals surface area contributed by atoms with Gasteiger partial charge >= 0.3 is 0 Å². The van der Waals surface area contributed by atoms with Crippen molar-refractivity contribution in [2.75, 3.05) is 25.0 Å². The largest absolute Gasteiger partial charge is 0.362 e. The molecule has 0 unspecified atom stereocenters. The highest BCUT2D eigenvalue weighted by molar-refractivity contribution is 7.14. The molecule has 1 aliphatic rings. The molecule has 0 bridgehead atoms. The number of likely N-dealkylation sites (tertiary alicyclic amines) is 1. The summed E-state index contributed by atoms with van der Waals surface area (Å²) in [7, 11) is 0. The topological polar surface area (TPSA) is 61.0 Å². The first-order valence-corrected chi connectivity index (χ1v) is 8.83. The van der Waals surface area contributed by atoms with Crippen LogP contribution in [-0.2, 0) is 0 Å².